The van der Waals surface area contributed by atoms with Crippen LogP contribution < -0.4 is 0 Å². The van der Waals surface area contributed by atoms with Gasteiger partial charge in [0.2, 0.25) is 0 Å². The van der Waals surface area contributed by atoms with Crippen molar-refractivity contribution in [2.45, 2.75) is 38.7 Å². The molecule has 0 heterocycles. The second-order valence-electron chi connectivity index (χ2n) is 6.33. The summed E-state index contributed by atoms with van der Waals surface area (Å²) < 4.78 is 0.880. The molecule has 0 aliphatic heterocycles. The number of hydrogen-bond acceptors (Lipinski definition) is 1. The zero-order valence-electron chi connectivity index (χ0n) is 12.5. The smallest absolute Gasteiger partial charge is 0.0841 e. The lowest BCUT2D eigenvalue weighted by Crippen LogP contribution is -2.11. The summed E-state index contributed by atoms with van der Waals surface area (Å²) in [6.45, 7) is 6.58. The Morgan fingerprint density at radius 1 is 1.10 bits per heavy atom. The Hall–Kier alpha value is -0.830. The van der Waals surface area contributed by atoms with Crippen molar-refractivity contribution in [1.82, 2.24) is 0 Å². The first kappa shape index (κ1) is 16.5. The zero-order chi connectivity index (χ0) is 15.6. The van der Waals surface area contributed by atoms with E-state index in [-0.39, 0.29) is 5.41 Å². The molecule has 0 aliphatic rings. The highest BCUT2D eigenvalue weighted by Crippen LogP contribution is 2.29. The van der Waals surface area contributed by atoms with Gasteiger partial charge in [0.05, 0.1) is 6.10 Å². The first-order chi connectivity index (χ1) is 9.77. The summed E-state index contributed by atoms with van der Waals surface area (Å²) in [5, 5.41) is 11.1. The van der Waals surface area contributed by atoms with Crippen LogP contribution in [0.1, 0.15) is 43.6 Å². The Morgan fingerprint density at radius 2 is 1.71 bits per heavy atom. The fraction of sp³-hybridized carbons (Fsp3) is 0.333. The van der Waals surface area contributed by atoms with Gasteiger partial charge in [0.1, 0.15) is 0 Å². The molecule has 2 rings (SSSR count). The van der Waals surface area contributed by atoms with Crippen molar-refractivity contribution in [2.75, 3.05) is 0 Å². The van der Waals surface area contributed by atoms with Gasteiger partial charge in [0.25, 0.3) is 0 Å². The first-order valence-corrected chi connectivity index (χ1v) is 8.17. The molecule has 1 atom stereocenters. The number of hydrogen-bond donors (Lipinski definition) is 1. The lowest BCUT2D eigenvalue weighted by molar-refractivity contribution is 0.177. The molecule has 21 heavy (non-hydrogen) atoms. The summed E-state index contributed by atoms with van der Waals surface area (Å²) >= 11 is 9.47. The second-order valence-corrected chi connectivity index (χ2v) is 7.62. The molecule has 2 aromatic carbocycles. The lowest BCUT2D eigenvalue weighted by Gasteiger charge is -2.19. The van der Waals surface area contributed by atoms with E-state index in [1.165, 1.54) is 5.56 Å². The van der Waals surface area contributed by atoms with E-state index in [1.807, 2.05) is 6.07 Å². The van der Waals surface area contributed by atoms with Gasteiger partial charge in [-0.3, -0.25) is 0 Å². The van der Waals surface area contributed by atoms with E-state index < -0.39 is 6.10 Å². The number of rotatable bonds is 3. The number of benzene rings is 2. The molecule has 0 fully saturated rings. The Morgan fingerprint density at radius 3 is 2.29 bits per heavy atom. The minimum Gasteiger partial charge on any atom is -0.388 e. The van der Waals surface area contributed by atoms with Crippen LogP contribution in [0.4, 0.5) is 0 Å². The van der Waals surface area contributed by atoms with Gasteiger partial charge < -0.3 is 5.11 Å². The molecule has 0 aromatic heterocycles. The topological polar surface area (TPSA) is 20.2 Å². The molecule has 0 bridgehead atoms. The van der Waals surface area contributed by atoms with Crippen molar-refractivity contribution in [3.8, 4) is 0 Å². The zero-order valence-corrected chi connectivity index (χ0v) is 14.9. The summed E-state index contributed by atoms with van der Waals surface area (Å²) in [6, 6.07) is 13.9. The average molecular weight is 368 g/mol. The van der Waals surface area contributed by atoms with Crippen LogP contribution in [0.3, 0.4) is 0 Å². The maximum Gasteiger partial charge on any atom is 0.0841 e. The van der Waals surface area contributed by atoms with Crippen LogP contribution in [0.5, 0.6) is 0 Å². The molecule has 2 aromatic rings. The Kier molecular flexibility index (Phi) is 5.13. The van der Waals surface area contributed by atoms with Gasteiger partial charge in [-0.2, -0.15) is 0 Å². The van der Waals surface area contributed by atoms with Gasteiger partial charge >= 0.3 is 0 Å². The fourth-order valence-corrected chi connectivity index (χ4v) is 2.94. The van der Waals surface area contributed by atoms with E-state index >= 15 is 0 Å². The molecular formula is C18H20BrClO. The number of halogens is 2. The van der Waals surface area contributed by atoms with Crippen LogP contribution in [-0.2, 0) is 11.8 Å². The Labute approximate surface area is 140 Å². The molecule has 0 radical (unpaired) electrons. The van der Waals surface area contributed by atoms with Crippen LogP contribution in [0.25, 0.3) is 0 Å². The van der Waals surface area contributed by atoms with Gasteiger partial charge in [-0.1, -0.05) is 72.6 Å². The normalized spacial score (nSPS) is 13.2. The lowest BCUT2D eigenvalue weighted by atomic mass is 9.86. The van der Waals surface area contributed by atoms with Crippen molar-refractivity contribution >= 4 is 27.5 Å². The molecule has 1 unspecified atom stereocenters. The molecule has 0 saturated heterocycles. The molecule has 3 heteroatoms. The Balaban J connectivity index is 2.16. The highest BCUT2D eigenvalue weighted by Gasteiger charge is 2.15. The van der Waals surface area contributed by atoms with Crippen LogP contribution in [0.15, 0.2) is 46.9 Å². The first-order valence-electron chi connectivity index (χ1n) is 7.00. The molecule has 1 N–H and O–H groups in total. The van der Waals surface area contributed by atoms with Gasteiger partial charge in [-0.05, 0) is 40.3 Å². The van der Waals surface area contributed by atoms with E-state index in [2.05, 4.69) is 61.0 Å². The SMILES string of the molecule is CC(C)(C)c1ccc(CC(O)c2cc(Cl)ccc2Br)cc1. The quantitative estimate of drug-likeness (QED) is 0.740. The molecule has 0 spiro atoms. The van der Waals surface area contributed by atoms with Crippen molar-refractivity contribution < 1.29 is 5.11 Å². The standard InChI is InChI=1S/C18H20BrClO/c1-18(2,3)13-6-4-12(5-7-13)10-17(21)15-11-14(20)8-9-16(15)19/h4-9,11,17,21H,10H2,1-3H3. The largest absolute Gasteiger partial charge is 0.388 e. The van der Waals surface area contributed by atoms with E-state index in [0.717, 1.165) is 15.6 Å². The minimum atomic E-state index is -0.571. The molecule has 112 valence electrons. The molecule has 1 nitrogen and oxygen atoms in total. The maximum atomic E-state index is 10.4. The fourth-order valence-electron chi connectivity index (χ4n) is 2.24. The summed E-state index contributed by atoms with van der Waals surface area (Å²) in [7, 11) is 0. The van der Waals surface area contributed by atoms with Crippen molar-refractivity contribution in [3.05, 3.63) is 68.7 Å². The predicted molar refractivity (Wildman–Crippen MR) is 93.0 cm³/mol. The monoisotopic (exact) mass is 366 g/mol. The van der Waals surface area contributed by atoms with Gasteiger partial charge in [0.15, 0.2) is 0 Å². The van der Waals surface area contributed by atoms with Crippen molar-refractivity contribution in [1.29, 1.82) is 0 Å². The van der Waals surface area contributed by atoms with Crippen LogP contribution in [-0.4, -0.2) is 5.11 Å². The third-order valence-electron chi connectivity index (χ3n) is 3.57. The maximum absolute atomic E-state index is 10.4. The summed E-state index contributed by atoms with van der Waals surface area (Å²) in [6.07, 6.45) is 0.00201. The Bertz CT molecular complexity index is 614. The minimum absolute atomic E-state index is 0.146. The number of aliphatic hydroxyl groups is 1. The van der Waals surface area contributed by atoms with Crippen molar-refractivity contribution in [3.63, 3.8) is 0 Å². The summed E-state index contributed by atoms with van der Waals surface area (Å²) in [4.78, 5) is 0. The van der Waals surface area contributed by atoms with Gasteiger partial charge in [-0.25, -0.2) is 0 Å². The van der Waals surface area contributed by atoms with E-state index in [1.54, 1.807) is 12.1 Å². The molecule has 0 saturated carbocycles. The van der Waals surface area contributed by atoms with Crippen molar-refractivity contribution in [2.24, 2.45) is 0 Å². The van der Waals surface area contributed by atoms with Gasteiger partial charge in [-0.15, -0.1) is 0 Å². The van der Waals surface area contributed by atoms with Gasteiger partial charge in [0, 0.05) is 15.9 Å². The molecule has 0 aliphatic carbocycles. The third-order valence-corrected chi connectivity index (χ3v) is 4.52. The number of aliphatic hydroxyl groups excluding tert-OH is 1. The highest BCUT2D eigenvalue weighted by atomic mass is 79.9. The van der Waals surface area contributed by atoms with E-state index in [4.69, 9.17) is 11.6 Å². The summed E-state index contributed by atoms with van der Waals surface area (Å²) in [5.74, 6) is 0. The van der Waals surface area contributed by atoms with Crippen LogP contribution >= 0.6 is 27.5 Å². The second kappa shape index (κ2) is 6.51. The van der Waals surface area contributed by atoms with Crippen LogP contribution in [0.2, 0.25) is 5.02 Å². The van der Waals surface area contributed by atoms with E-state index in [0.29, 0.717) is 11.4 Å². The van der Waals surface area contributed by atoms with Crippen LogP contribution in [0, 0.1) is 0 Å². The summed E-state index contributed by atoms with van der Waals surface area (Å²) in [5.41, 5.74) is 3.38. The average Bonchev–Trinajstić information content (AvgIpc) is 2.41. The predicted octanol–water partition coefficient (Wildman–Crippen LogP) is 5.68. The molecule has 0 amide bonds. The highest BCUT2D eigenvalue weighted by molar-refractivity contribution is 9.10. The third kappa shape index (κ3) is 4.32. The van der Waals surface area contributed by atoms with E-state index in [9.17, 15) is 5.11 Å². The molecular weight excluding hydrogens is 348 g/mol.